The van der Waals surface area contributed by atoms with E-state index < -0.39 is 5.82 Å². The Bertz CT molecular complexity index is 1080. The van der Waals surface area contributed by atoms with Gasteiger partial charge in [-0.25, -0.2) is 9.18 Å². The van der Waals surface area contributed by atoms with E-state index in [1.165, 1.54) is 17.7 Å². The first-order valence-corrected chi connectivity index (χ1v) is 13.3. The highest BCUT2D eigenvalue weighted by Gasteiger charge is 2.64. The number of rotatable bonds is 7. The summed E-state index contributed by atoms with van der Waals surface area (Å²) >= 11 is 12.3. The number of carbonyl (C=O) groups is 1. The Morgan fingerprint density at radius 2 is 1.97 bits per heavy atom. The molecular formula is C27H33Cl2FN4O. The average molecular weight is 519 g/mol. The topological polar surface area (TPSA) is 38.8 Å². The van der Waals surface area contributed by atoms with Gasteiger partial charge in [-0.15, -0.1) is 0 Å². The lowest BCUT2D eigenvalue weighted by atomic mass is 9.93. The molecule has 1 saturated heterocycles. The molecule has 3 atom stereocenters. The Morgan fingerprint density at radius 1 is 1.17 bits per heavy atom. The molecule has 2 aliphatic carbocycles. The second-order valence-electron chi connectivity index (χ2n) is 10.3. The molecule has 1 aliphatic heterocycles. The number of nitrogens with one attached hydrogen (secondary N) is 1. The normalized spacial score (nSPS) is 26.4. The SMILES string of the molecule is CN1CCN(CCCN(C(=O)Nc2ccc(F)c(Cl)c2)[C@@H]2CC[C@@]3(c4cccc(Cl)c4)C[C@H]23)CC1. The van der Waals surface area contributed by atoms with Crippen molar-refractivity contribution in [1.29, 1.82) is 0 Å². The van der Waals surface area contributed by atoms with Crippen molar-refractivity contribution < 1.29 is 9.18 Å². The van der Waals surface area contributed by atoms with Gasteiger partial charge < -0.3 is 20.0 Å². The molecule has 0 aromatic heterocycles. The lowest BCUT2D eigenvalue weighted by Crippen LogP contribution is -2.47. The summed E-state index contributed by atoms with van der Waals surface area (Å²) in [6.07, 6.45) is 4.05. The second-order valence-corrected chi connectivity index (χ2v) is 11.2. The molecule has 2 saturated carbocycles. The fourth-order valence-electron chi connectivity index (χ4n) is 6.10. The number of urea groups is 1. The van der Waals surface area contributed by atoms with Gasteiger partial charge >= 0.3 is 6.03 Å². The number of fused-ring (bicyclic) bond motifs is 1. The maximum Gasteiger partial charge on any atom is 0.322 e. The van der Waals surface area contributed by atoms with Gasteiger partial charge in [0.25, 0.3) is 0 Å². The molecular weight excluding hydrogens is 486 g/mol. The van der Waals surface area contributed by atoms with Crippen molar-refractivity contribution in [2.24, 2.45) is 5.92 Å². The molecule has 5 rings (SSSR count). The molecule has 1 heterocycles. The van der Waals surface area contributed by atoms with Crippen LogP contribution in [0.2, 0.25) is 10.0 Å². The number of hydrogen-bond donors (Lipinski definition) is 1. The van der Waals surface area contributed by atoms with Gasteiger partial charge in [0, 0.05) is 54.9 Å². The summed E-state index contributed by atoms with van der Waals surface area (Å²) in [6, 6.07) is 12.6. The largest absolute Gasteiger partial charge is 0.322 e. The number of hydrogen-bond acceptors (Lipinski definition) is 3. The standard InChI is InChI=1S/C27H33Cl2FN4O/c1-32-12-14-33(15-13-32)10-3-11-34(26(35)31-21-6-7-24(30)23(29)17-21)25-8-9-27(18-22(25)27)19-4-2-5-20(28)16-19/h2,4-7,16-17,22,25H,3,8-15,18H2,1H3,(H,31,35)/t22-,25-,27+/m1/s1. The summed E-state index contributed by atoms with van der Waals surface area (Å²) < 4.78 is 13.6. The van der Waals surface area contributed by atoms with Crippen LogP contribution in [0.1, 0.15) is 31.2 Å². The minimum Gasteiger partial charge on any atom is -0.321 e. The van der Waals surface area contributed by atoms with E-state index in [9.17, 15) is 9.18 Å². The molecule has 0 bridgehead atoms. The molecule has 1 N–H and O–H groups in total. The fraction of sp³-hybridized carbons (Fsp3) is 0.519. The molecule has 2 aromatic rings. The predicted octanol–water partition coefficient (Wildman–Crippen LogP) is 5.72. The Labute approximate surface area is 217 Å². The summed E-state index contributed by atoms with van der Waals surface area (Å²) in [5.41, 5.74) is 1.94. The van der Waals surface area contributed by atoms with Crippen LogP contribution in [0.3, 0.4) is 0 Å². The van der Waals surface area contributed by atoms with Crippen molar-refractivity contribution in [3.05, 3.63) is 63.9 Å². The maximum atomic E-state index is 13.6. The Morgan fingerprint density at radius 3 is 2.69 bits per heavy atom. The highest BCUT2D eigenvalue weighted by molar-refractivity contribution is 6.31. The highest BCUT2D eigenvalue weighted by Crippen LogP contribution is 2.65. The van der Waals surface area contributed by atoms with Gasteiger partial charge in [-0.05, 0) is 81.1 Å². The molecule has 8 heteroatoms. The van der Waals surface area contributed by atoms with Gasteiger partial charge in [-0.2, -0.15) is 0 Å². The summed E-state index contributed by atoms with van der Waals surface area (Å²) in [5, 5.41) is 3.75. The number of piperazine rings is 1. The van der Waals surface area contributed by atoms with Gasteiger partial charge in [-0.3, -0.25) is 0 Å². The summed E-state index contributed by atoms with van der Waals surface area (Å²) in [7, 11) is 2.16. The minimum absolute atomic E-state index is 0.00690. The van der Waals surface area contributed by atoms with Crippen molar-refractivity contribution in [3.8, 4) is 0 Å². The zero-order valence-electron chi connectivity index (χ0n) is 20.2. The summed E-state index contributed by atoms with van der Waals surface area (Å²) in [4.78, 5) is 20.4. The van der Waals surface area contributed by atoms with Crippen molar-refractivity contribution >= 4 is 34.9 Å². The lowest BCUT2D eigenvalue weighted by molar-refractivity contribution is 0.140. The quantitative estimate of drug-likeness (QED) is 0.509. The van der Waals surface area contributed by atoms with Crippen LogP contribution in [0.4, 0.5) is 14.9 Å². The predicted molar refractivity (Wildman–Crippen MR) is 140 cm³/mol. The summed E-state index contributed by atoms with van der Waals surface area (Å²) in [5.74, 6) is -0.0547. The molecule has 3 aliphatic rings. The van der Waals surface area contributed by atoms with E-state index in [1.54, 1.807) is 6.07 Å². The van der Waals surface area contributed by atoms with Gasteiger partial charge in [-0.1, -0.05) is 35.3 Å². The van der Waals surface area contributed by atoms with Gasteiger partial charge in [0.1, 0.15) is 5.82 Å². The third-order valence-electron chi connectivity index (χ3n) is 8.19. The van der Waals surface area contributed by atoms with Crippen LogP contribution in [-0.4, -0.2) is 73.1 Å². The highest BCUT2D eigenvalue weighted by atomic mass is 35.5. The first-order valence-electron chi connectivity index (χ1n) is 12.6. The van der Waals surface area contributed by atoms with E-state index in [0.717, 1.165) is 63.4 Å². The van der Waals surface area contributed by atoms with Gasteiger partial charge in [0.15, 0.2) is 0 Å². The van der Waals surface area contributed by atoms with Crippen LogP contribution >= 0.6 is 23.2 Å². The van der Waals surface area contributed by atoms with E-state index in [4.69, 9.17) is 23.2 Å². The monoisotopic (exact) mass is 518 g/mol. The molecule has 5 nitrogen and oxygen atoms in total. The van der Waals surface area contributed by atoms with Crippen LogP contribution in [-0.2, 0) is 5.41 Å². The zero-order chi connectivity index (χ0) is 24.6. The molecule has 0 spiro atoms. The Hall–Kier alpha value is -1.86. The fourth-order valence-corrected chi connectivity index (χ4v) is 6.47. The third-order valence-corrected chi connectivity index (χ3v) is 8.71. The van der Waals surface area contributed by atoms with Crippen LogP contribution < -0.4 is 5.32 Å². The van der Waals surface area contributed by atoms with Crippen molar-refractivity contribution in [2.45, 2.75) is 37.1 Å². The van der Waals surface area contributed by atoms with Crippen LogP contribution in [0.5, 0.6) is 0 Å². The number of nitrogens with zero attached hydrogens (tertiary/aromatic N) is 3. The Kier molecular flexibility index (Phi) is 7.27. The van der Waals surface area contributed by atoms with E-state index in [-0.39, 0.29) is 22.5 Å². The molecule has 188 valence electrons. The number of likely N-dealkylation sites (N-methyl/N-ethyl adjacent to an activating group) is 1. The first-order chi connectivity index (χ1) is 16.9. The molecule has 0 radical (unpaired) electrons. The maximum absolute atomic E-state index is 13.6. The van der Waals surface area contributed by atoms with Gasteiger partial charge in [0.2, 0.25) is 0 Å². The molecule has 35 heavy (non-hydrogen) atoms. The van der Waals surface area contributed by atoms with E-state index in [0.29, 0.717) is 18.2 Å². The zero-order valence-corrected chi connectivity index (χ0v) is 21.7. The minimum atomic E-state index is -0.492. The lowest BCUT2D eigenvalue weighted by Gasteiger charge is -2.34. The van der Waals surface area contributed by atoms with E-state index >= 15 is 0 Å². The summed E-state index contributed by atoms with van der Waals surface area (Å²) in [6.45, 7) is 5.99. The second kappa shape index (κ2) is 10.3. The van der Waals surface area contributed by atoms with Crippen LogP contribution in [0.15, 0.2) is 42.5 Å². The third kappa shape index (κ3) is 5.31. The number of benzene rings is 2. The van der Waals surface area contributed by atoms with E-state index in [2.05, 4.69) is 34.3 Å². The molecule has 0 unspecified atom stereocenters. The van der Waals surface area contributed by atoms with Crippen LogP contribution in [0.25, 0.3) is 0 Å². The number of carbonyl (C=O) groups excluding carboxylic acids is 1. The number of halogens is 3. The molecule has 2 amide bonds. The van der Waals surface area contributed by atoms with E-state index in [1.807, 2.05) is 17.0 Å². The smallest absolute Gasteiger partial charge is 0.321 e. The molecule has 3 fully saturated rings. The van der Waals surface area contributed by atoms with Crippen LogP contribution in [0, 0.1) is 11.7 Å². The van der Waals surface area contributed by atoms with Crippen molar-refractivity contribution in [1.82, 2.24) is 14.7 Å². The first kappa shape index (κ1) is 24.8. The van der Waals surface area contributed by atoms with Gasteiger partial charge in [0.05, 0.1) is 5.02 Å². The Balaban J connectivity index is 1.29. The average Bonchev–Trinajstić information content (AvgIpc) is 3.47. The van der Waals surface area contributed by atoms with Crippen molar-refractivity contribution in [3.63, 3.8) is 0 Å². The molecule has 2 aromatic carbocycles. The number of anilines is 1. The number of amides is 2. The van der Waals surface area contributed by atoms with Crippen molar-refractivity contribution in [2.75, 3.05) is 51.6 Å².